The van der Waals surface area contributed by atoms with Crippen molar-refractivity contribution < 1.29 is 15.3 Å². The molecule has 0 aliphatic carbocycles. The number of alkyl halides is 6. The summed E-state index contributed by atoms with van der Waals surface area (Å²) in [6.07, 6.45) is -3.29. The fourth-order valence-corrected chi connectivity index (χ4v) is 2.61. The zero-order valence-corrected chi connectivity index (χ0v) is 15.4. The summed E-state index contributed by atoms with van der Waals surface area (Å²) in [6.45, 7) is 0. The van der Waals surface area contributed by atoms with Crippen LogP contribution in [0.4, 0.5) is 0 Å². The molecule has 114 valence electrons. The van der Waals surface area contributed by atoms with E-state index in [2.05, 4.69) is 15.9 Å². The molecule has 0 aromatic heterocycles. The molecule has 0 saturated heterocycles. The number of phenols is 1. The Morgan fingerprint density at radius 2 is 1.15 bits per heavy atom. The molecule has 1 aromatic rings. The van der Waals surface area contributed by atoms with Gasteiger partial charge in [-0.05, 0) is 12.1 Å². The molecular formula is C10H7BrCl6O3. The van der Waals surface area contributed by atoms with Gasteiger partial charge in [0.25, 0.3) is 0 Å². The highest BCUT2D eigenvalue weighted by molar-refractivity contribution is 9.10. The lowest BCUT2D eigenvalue weighted by molar-refractivity contribution is 0.168. The molecule has 3 nitrogen and oxygen atoms in total. The molecule has 0 fully saturated rings. The quantitative estimate of drug-likeness (QED) is 0.539. The predicted octanol–water partition coefficient (Wildman–Crippen LogP) is 4.96. The fourth-order valence-electron chi connectivity index (χ4n) is 1.41. The van der Waals surface area contributed by atoms with Gasteiger partial charge in [0, 0.05) is 15.6 Å². The summed E-state index contributed by atoms with van der Waals surface area (Å²) < 4.78 is -3.79. The van der Waals surface area contributed by atoms with Gasteiger partial charge in [-0.25, -0.2) is 0 Å². The van der Waals surface area contributed by atoms with E-state index in [0.717, 1.165) is 0 Å². The number of rotatable bonds is 2. The van der Waals surface area contributed by atoms with Crippen LogP contribution in [-0.2, 0) is 0 Å². The summed E-state index contributed by atoms with van der Waals surface area (Å²) in [7, 11) is 0. The molecule has 0 saturated carbocycles. The monoisotopic (exact) mass is 464 g/mol. The Labute approximate surface area is 153 Å². The number of aromatic hydroxyl groups is 1. The van der Waals surface area contributed by atoms with Crippen LogP contribution in [-0.4, -0.2) is 22.9 Å². The van der Waals surface area contributed by atoms with Crippen LogP contribution in [0.5, 0.6) is 5.75 Å². The van der Waals surface area contributed by atoms with Crippen LogP contribution >= 0.6 is 85.5 Å². The van der Waals surface area contributed by atoms with Crippen molar-refractivity contribution in [1.82, 2.24) is 0 Å². The van der Waals surface area contributed by atoms with Crippen LogP contribution in [0.1, 0.15) is 23.3 Å². The maximum Gasteiger partial charge on any atom is 0.220 e. The first kappa shape index (κ1) is 19.2. The highest BCUT2D eigenvalue weighted by Gasteiger charge is 2.38. The van der Waals surface area contributed by atoms with Gasteiger partial charge in [0.2, 0.25) is 7.59 Å². The van der Waals surface area contributed by atoms with Crippen molar-refractivity contribution >= 4 is 85.5 Å². The predicted molar refractivity (Wildman–Crippen MR) is 86.3 cm³/mol. The zero-order chi connectivity index (χ0) is 15.9. The largest absolute Gasteiger partial charge is 0.507 e. The average molecular weight is 468 g/mol. The minimum Gasteiger partial charge on any atom is -0.507 e. The van der Waals surface area contributed by atoms with Crippen LogP contribution in [0.25, 0.3) is 0 Å². The topological polar surface area (TPSA) is 60.7 Å². The van der Waals surface area contributed by atoms with E-state index in [1.165, 1.54) is 12.1 Å². The van der Waals surface area contributed by atoms with E-state index in [1.807, 2.05) is 0 Å². The number of phenolic OH excluding ortho intramolecular Hbond substituents is 1. The molecule has 10 heteroatoms. The van der Waals surface area contributed by atoms with Gasteiger partial charge in [-0.3, -0.25) is 0 Å². The van der Waals surface area contributed by atoms with Gasteiger partial charge < -0.3 is 15.3 Å². The summed E-state index contributed by atoms with van der Waals surface area (Å²) in [4.78, 5) is 0. The molecule has 0 amide bonds. The van der Waals surface area contributed by atoms with Crippen molar-refractivity contribution in [2.45, 2.75) is 19.8 Å². The highest BCUT2D eigenvalue weighted by atomic mass is 79.9. The molecule has 0 aliphatic rings. The molecule has 20 heavy (non-hydrogen) atoms. The first-order valence-corrected chi connectivity index (χ1v) is 7.93. The third-order valence-corrected chi connectivity index (χ3v) is 4.04. The molecule has 2 unspecified atom stereocenters. The second kappa shape index (κ2) is 6.73. The van der Waals surface area contributed by atoms with Gasteiger partial charge in [0.1, 0.15) is 18.0 Å². The molecule has 0 bridgehead atoms. The minimum atomic E-state index is -2.08. The van der Waals surface area contributed by atoms with E-state index >= 15 is 0 Å². The zero-order valence-electron chi connectivity index (χ0n) is 9.30. The van der Waals surface area contributed by atoms with Crippen molar-refractivity contribution in [1.29, 1.82) is 0 Å². The van der Waals surface area contributed by atoms with Crippen LogP contribution in [0.15, 0.2) is 16.6 Å². The molecule has 1 aromatic carbocycles. The van der Waals surface area contributed by atoms with Crippen molar-refractivity contribution in [3.05, 3.63) is 27.7 Å². The van der Waals surface area contributed by atoms with Crippen LogP contribution in [0, 0.1) is 0 Å². The molecular weight excluding hydrogens is 461 g/mol. The number of halogens is 7. The van der Waals surface area contributed by atoms with E-state index < -0.39 is 25.5 Å². The van der Waals surface area contributed by atoms with Crippen LogP contribution in [0.3, 0.4) is 0 Å². The van der Waals surface area contributed by atoms with E-state index in [9.17, 15) is 15.3 Å². The standard InChI is InChI=1S/C10H7BrCl6O3/c11-3-1-4(7(19)9(12,13)14)6(18)5(2-3)8(20)10(15,16)17/h1-2,7-8,18-20H. The van der Waals surface area contributed by atoms with Gasteiger partial charge in [-0.2, -0.15) is 0 Å². The normalized spacial score (nSPS) is 16.1. The molecule has 0 heterocycles. The Bertz CT molecular complexity index is 458. The second-order valence-corrected chi connectivity index (χ2v) is 9.47. The number of aliphatic hydroxyl groups excluding tert-OH is 2. The third-order valence-electron chi connectivity index (χ3n) is 2.34. The Morgan fingerprint density at radius 3 is 1.40 bits per heavy atom. The first-order chi connectivity index (χ1) is 8.85. The van der Waals surface area contributed by atoms with Crippen molar-refractivity contribution in [2.24, 2.45) is 0 Å². The fraction of sp³-hybridized carbons (Fsp3) is 0.400. The highest BCUT2D eigenvalue weighted by Crippen LogP contribution is 2.48. The van der Waals surface area contributed by atoms with Crippen LogP contribution < -0.4 is 0 Å². The Balaban J connectivity index is 3.41. The Morgan fingerprint density at radius 1 is 0.850 bits per heavy atom. The minimum absolute atomic E-state index is 0.136. The summed E-state index contributed by atoms with van der Waals surface area (Å²) in [5.74, 6) is -0.536. The van der Waals surface area contributed by atoms with Crippen molar-refractivity contribution in [3.63, 3.8) is 0 Å². The Kier molecular flexibility index (Phi) is 6.46. The SMILES string of the molecule is Oc1c(C(O)C(Cl)(Cl)Cl)cc(Br)cc1C(O)C(Cl)(Cl)Cl. The maximum absolute atomic E-state index is 10.1. The molecule has 1 rings (SSSR count). The summed E-state index contributed by atoms with van der Waals surface area (Å²) in [6, 6.07) is 2.63. The summed E-state index contributed by atoms with van der Waals surface area (Å²) in [5.41, 5.74) is -0.273. The molecule has 0 aliphatic heterocycles. The number of benzene rings is 1. The molecule has 0 spiro atoms. The molecule has 2 atom stereocenters. The lowest BCUT2D eigenvalue weighted by Gasteiger charge is -2.25. The smallest absolute Gasteiger partial charge is 0.220 e. The number of hydrogen-bond acceptors (Lipinski definition) is 3. The van der Waals surface area contributed by atoms with Gasteiger partial charge in [0.05, 0.1) is 0 Å². The van der Waals surface area contributed by atoms with Crippen molar-refractivity contribution in [2.75, 3.05) is 0 Å². The third kappa shape index (κ3) is 4.58. The van der Waals surface area contributed by atoms with E-state index in [-0.39, 0.29) is 11.1 Å². The van der Waals surface area contributed by atoms with Crippen molar-refractivity contribution in [3.8, 4) is 5.75 Å². The van der Waals surface area contributed by atoms with Gasteiger partial charge in [0.15, 0.2) is 0 Å². The first-order valence-electron chi connectivity index (χ1n) is 4.87. The Hall–Kier alpha value is 1.16. The number of hydrogen-bond donors (Lipinski definition) is 3. The van der Waals surface area contributed by atoms with E-state index in [1.54, 1.807) is 0 Å². The van der Waals surface area contributed by atoms with Gasteiger partial charge >= 0.3 is 0 Å². The van der Waals surface area contributed by atoms with Gasteiger partial charge in [-0.1, -0.05) is 85.5 Å². The summed E-state index contributed by atoms with van der Waals surface area (Å²) >= 11 is 36.6. The van der Waals surface area contributed by atoms with Gasteiger partial charge in [-0.15, -0.1) is 0 Å². The molecule has 0 radical (unpaired) electrons. The maximum atomic E-state index is 10.1. The van der Waals surface area contributed by atoms with E-state index in [4.69, 9.17) is 69.6 Å². The average Bonchev–Trinajstić information content (AvgIpc) is 2.27. The lowest BCUT2D eigenvalue weighted by Crippen LogP contribution is -2.20. The molecule has 3 N–H and O–H groups in total. The summed E-state index contributed by atoms with van der Waals surface area (Å²) in [5, 5.41) is 29.9. The second-order valence-electron chi connectivity index (χ2n) is 3.82. The number of aliphatic hydroxyl groups is 2. The van der Waals surface area contributed by atoms with Crippen LogP contribution in [0.2, 0.25) is 0 Å². The lowest BCUT2D eigenvalue weighted by atomic mass is 10.0. The van der Waals surface area contributed by atoms with E-state index in [0.29, 0.717) is 4.47 Å².